The number of hydrogen-bond donors (Lipinski definition) is 0. The minimum atomic E-state index is -0.355. The summed E-state index contributed by atoms with van der Waals surface area (Å²) < 4.78 is 1.35. The number of aldehydes is 1. The van der Waals surface area contributed by atoms with E-state index in [1.165, 1.54) is 10.7 Å². The number of benzene rings is 1. The molecule has 0 spiro atoms. The van der Waals surface area contributed by atoms with Crippen molar-refractivity contribution >= 4 is 17.9 Å². The van der Waals surface area contributed by atoms with Crippen LogP contribution in [0.25, 0.3) is 11.3 Å². The molecule has 0 radical (unpaired) electrons. The van der Waals surface area contributed by atoms with E-state index in [9.17, 15) is 9.59 Å². The minimum absolute atomic E-state index is 0.116. The molecule has 1 aromatic heterocycles. The van der Waals surface area contributed by atoms with Gasteiger partial charge in [-0.3, -0.25) is 9.59 Å². The maximum atomic E-state index is 12.0. The second kappa shape index (κ2) is 6.01. The Labute approximate surface area is 122 Å². The van der Waals surface area contributed by atoms with Crippen LogP contribution in [0.15, 0.2) is 35.1 Å². The zero-order chi connectivity index (χ0) is 14.7. The van der Waals surface area contributed by atoms with Crippen molar-refractivity contribution in [1.82, 2.24) is 9.78 Å². The SMILES string of the molecule is CC(C)Cn1nc(-c2ccc(Cl)cc2)cc(C=O)c1=O. The first-order valence-electron chi connectivity index (χ1n) is 6.34. The van der Waals surface area contributed by atoms with Crippen molar-refractivity contribution in [3.8, 4) is 11.3 Å². The molecule has 0 N–H and O–H groups in total. The van der Waals surface area contributed by atoms with Gasteiger partial charge in [0.05, 0.1) is 11.3 Å². The standard InChI is InChI=1S/C15H15ClN2O2/c1-10(2)8-18-15(20)12(9-19)7-14(17-18)11-3-5-13(16)6-4-11/h3-7,9-10H,8H2,1-2H3. The zero-order valence-corrected chi connectivity index (χ0v) is 12.1. The van der Waals surface area contributed by atoms with Crippen LogP contribution in [0.1, 0.15) is 24.2 Å². The van der Waals surface area contributed by atoms with Gasteiger partial charge in [-0.1, -0.05) is 37.6 Å². The van der Waals surface area contributed by atoms with Gasteiger partial charge in [0, 0.05) is 17.1 Å². The molecule has 4 nitrogen and oxygen atoms in total. The van der Waals surface area contributed by atoms with E-state index in [1.807, 2.05) is 26.0 Å². The van der Waals surface area contributed by atoms with Gasteiger partial charge < -0.3 is 0 Å². The fourth-order valence-electron chi connectivity index (χ4n) is 1.88. The van der Waals surface area contributed by atoms with Gasteiger partial charge in [0.2, 0.25) is 0 Å². The van der Waals surface area contributed by atoms with Gasteiger partial charge in [0.1, 0.15) is 0 Å². The molecule has 0 aliphatic heterocycles. The molecule has 0 fully saturated rings. The van der Waals surface area contributed by atoms with Crippen molar-refractivity contribution < 1.29 is 4.79 Å². The minimum Gasteiger partial charge on any atom is -0.298 e. The van der Waals surface area contributed by atoms with Gasteiger partial charge in [0.15, 0.2) is 6.29 Å². The average molecular weight is 291 g/mol. The average Bonchev–Trinajstić information content (AvgIpc) is 2.41. The van der Waals surface area contributed by atoms with Crippen molar-refractivity contribution in [1.29, 1.82) is 0 Å². The van der Waals surface area contributed by atoms with Crippen LogP contribution in [0.3, 0.4) is 0 Å². The molecule has 2 rings (SSSR count). The third kappa shape index (κ3) is 3.14. The van der Waals surface area contributed by atoms with E-state index in [0.717, 1.165) is 5.56 Å². The Balaban J connectivity index is 2.56. The van der Waals surface area contributed by atoms with Crippen LogP contribution in [0, 0.1) is 5.92 Å². The maximum absolute atomic E-state index is 12.0. The highest BCUT2D eigenvalue weighted by Crippen LogP contribution is 2.19. The summed E-state index contributed by atoms with van der Waals surface area (Å²) in [6.07, 6.45) is 0.570. The van der Waals surface area contributed by atoms with Crippen molar-refractivity contribution in [2.45, 2.75) is 20.4 Å². The molecule has 0 bridgehead atoms. The van der Waals surface area contributed by atoms with Crippen LogP contribution in [0.2, 0.25) is 5.02 Å². The smallest absolute Gasteiger partial charge is 0.277 e. The summed E-state index contributed by atoms with van der Waals surface area (Å²) in [6.45, 7) is 4.45. The summed E-state index contributed by atoms with van der Waals surface area (Å²) in [6, 6.07) is 8.62. The van der Waals surface area contributed by atoms with E-state index >= 15 is 0 Å². The Kier molecular flexibility index (Phi) is 4.35. The maximum Gasteiger partial charge on any atom is 0.277 e. The first-order chi connectivity index (χ1) is 9.51. The number of rotatable bonds is 4. The lowest BCUT2D eigenvalue weighted by Crippen LogP contribution is -2.28. The molecule has 2 aromatic rings. The molecule has 1 aromatic carbocycles. The number of carbonyl (C=O) groups excluding carboxylic acids is 1. The largest absolute Gasteiger partial charge is 0.298 e. The second-order valence-corrected chi connectivity index (χ2v) is 5.43. The quantitative estimate of drug-likeness (QED) is 0.813. The first-order valence-corrected chi connectivity index (χ1v) is 6.72. The number of nitrogens with zero attached hydrogens (tertiary/aromatic N) is 2. The van der Waals surface area contributed by atoms with Gasteiger partial charge >= 0.3 is 0 Å². The van der Waals surface area contributed by atoms with Gasteiger partial charge in [0.25, 0.3) is 5.56 Å². The molecule has 0 amide bonds. The molecule has 0 aliphatic carbocycles. The summed E-state index contributed by atoms with van der Waals surface area (Å²) >= 11 is 5.85. The predicted octanol–water partition coefficient (Wildman–Crippen LogP) is 3.03. The fourth-order valence-corrected chi connectivity index (χ4v) is 2.00. The Hall–Kier alpha value is -1.94. The third-order valence-electron chi connectivity index (χ3n) is 2.81. The highest BCUT2D eigenvalue weighted by atomic mass is 35.5. The molecular formula is C15H15ClN2O2. The molecule has 0 atom stereocenters. The molecule has 20 heavy (non-hydrogen) atoms. The summed E-state index contributed by atoms with van der Waals surface area (Å²) in [5.41, 5.74) is 1.16. The summed E-state index contributed by atoms with van der Waals surface area (Å²) in [7, 11) is 0. The highest BCUT2D eigenvalue weighted by molar-refractivity contribution is 6.30. The fraction of sp³-hybridized carbons (Fsp3) is 0.267. The van der Waals surface area contributed by atoms with Crippen LogP contribution < -0.4 is 5.56 Å². The number of aromatic nitrogens is 2. The number of hydrogen-bond acceptors (Lipinski definition) is 3. The van der Waals surface area contributed by atoms with Gasteiger partial charge in [-0.25, -0.2) is 4.68 Å². The van der Waals surface area contributed by atoms with Crippen LogP contribution in [0.4, 0.5) is 0 Å². The number of halogens is 1. The summed E-state index contributed by atoms with van der Waals surface area (Å²) in [5.74, 6) is 0.264. The van der Waals surface area contributed by atoms with Crippen molar-refractivity contribution in [3.05, 3.63) is 51.3 Å². The van der Waals surface area contributed by atoms with Crippen molar-refractivity contribution in [2.24, 2.45) is 5.92 Å². The monoisotopic (exact) mass is 290 g/mol. The van der Waals surface area contributed by atoms with Crippen LogP contribution in [-0.4, -0.2) is 16.1 Å². The lowest BCUT2D eigenvalue weighted by molar-refractivity contribution is 0.112. The Morgan fingerprint density at radius 3 is 2.50 bits per heavy atom. The molecule has 0 unspecified atom stereocenters. The Bertz CT molecular complexity index is 675. The predicted molar refractivity (Wildman–Crippen MR) is 79.2 cm³/mol. The first kappa shape index (κ1) is 14.5. The van der Waals surface area contributed by atoms with Crippen LogP contribution in [-0.2, 0) is 6.54 Å². The lowest BCUT2D eigenvalue weighted by Gasteiger charge is -2.10. The van der Waals surface area contributed by atoms with E-state index in [0.29, 0.717) is 23.5 Å². The van der Waals surface area contributed by atoms with Crippen molar-refractivity contribution in [3.63, 3.8) is 0 Å². The van der Waals surface area contributed by atoms with Gasteiger partial charge in [-0.15, -0.1) is 0 Å². The molecular weight excluding hydrogens is 276 g/mol. The van der Waals surface area contributed by atoms with Gasteiger partial charge in [-0.2, -0.15) is 5.10 Å². The Morgan fingerprint density at radius 2 is 1.95 bits per heavy atom. The summed E-state index contributed by atoms with van der Waals surface area (Å²) in [4.78, 5) is 23.1. The van der Waals surface area contributed by atoms with E-state index in [1.54, 1.807) is 12.1 Å². The van der Waals surface area contributed by atoms with Crippen molar-refractivity contribution in [2.75, 3.05) is 0 Å². The third-order valence-corrected chi connectivity index (χ3v) is 3.06. The second-order valence-electron chi connectivity index (χ2n) is 4.99. The summed E-state index contributed by atoms with van der Waals surface area (Å²) in [5, 5.41) is 4.95. The molecule has 5 heteroatoms. The van der Waals surface area contributed by atoms with Crippen LogP contribution >= 0.6 is 11.6 Å². The van der Waals surface area contributed by atoms with Crippen LogP contribution in [0.5, 0.6) is 0 Å². The zero-order valence-electron chi connectivity index (χ0n) is 11.3. The molecule has 0 aliphatic rings. The van der Waals surface area contributed by atoms with E-state index in [2.05, 4.69) is 5.10 Å². The molecule has 0 saturated heterocycles. The topological polar surface area (TPSA) is 52.0 Å². The van der Waals surface area contributed by atoms with E-state index in [4.69, 9.17) is 11.6 Å². The lowest BCUT2D eigenvalue weighted by atomic mass is 10.1. The molecule has 1 heterocycles. The normalized spacial score (nSPS) is 10.8. The Morgan fingerprint density at radius 1 is 1.30 bits per heavy atom. The number of carbonyl (C=O) groups is 1. The molecule has 104 valence electrons. The van der Waals surface area contributed by atoms with E-state index < -0.39 is 0 Å². The van der Waals surface area contributed by atoms with E-state index in [-0.39, 0.29) is 17.0 Å². The highest BCUT2D eigenvalue weighted by Gasteiger charge is 2.10. The van der Waals surface area contributed by atoms with Gasteiger partial charge in [-0.05, 0) is 24.1 Å². The molecule has 0 saturated carbocycles.